The smallest absolute Gasteiger partial charge is 0.417 e. The summed E-state index contributed by atoms with van der Waals surface area (Å²) in [6.45, 7) is 2.56. The largest absolute Gasteiger partial charge is 0.439 e. The molecule has 0 bridgehead atoms. The highest BCUT2D eigenvalue weighted by Crippen LogP contribution is 2.24. The topological polar surface area (TPSA) is 76.2 Å². The van der Waals surface area contributed by atoms with Crippen molar-refractivity contribution in [3.8, 4) is 0 Å². The Kier molecular flexibility index (Phi) is 3.14. The van der Waals surface area contributed by atoms with Gasteiger partial charge in [-0.15, -0.1) is 0 Å². The molecule has 0 aromatic rings. The Morgan fingerprint density at radius 2 is 2.11 bits per heavy atom. The average molecular weight is 268 g/mol. The van der Waals surface area contributed by atoms with Crippen LogP contribution < -0.4 is 0 Å². The molecule has 0 unspecified atom stereocenters. The van der Waals surface area contributed by atoms with E-state index in [9.17, 15) is 14.4 Å². The van der Waals surface area contributed by atoms with Crippen LogP contribution in [0.4, 0.5) is 4.79 Å². The molecular formula is C12H16N2O5. The lowest BCUT2D eigenvalue weighted by molar-refractivity contribution is -0.142. The summed E-state index contributed by atoms with van der Waals surface area (Å²) < 4.78 is 9.84. The van der Waals surface area contributed by atoms with Crippen LogP contribution in [0, 0.1) is 11.8 Å². The number of carbonyl (C=O) groups excluding carboxylic acids is 3. The van der Waals surface area contributed by atoms with Crippen LogP contribution in [-0.4, -0.2) is 67.2 Å². The Bertz CT molecular complexity index is 396. The third kappa shape index (κ3) is 2.30. The first-order chi connectivity index (χ1) is 9.15. The number of nitrogens with zero attached hydrogens (tertiary/aromatic N) is 2. The molecular weight excluding hydrogens is 252 g/mol. The molecule has 3 aliphatic rings. The number of imide groups is 1. The van der Waals surface area contributed by atoms with Gasteiger partial charge in [0.15, 0.2) is 6.61 Å². The molecule has 0 saturated carbocycles. The van der Waals surface area contributed by atoms with Gasteiger partial charge >= 0.3 is 6.09 Å². The van der Waals surface area contributed by atoms with Gasteiger partial charge in [-0.3, -0.25) is 9.59 Å². The van der Waals surface area contributed by atoms with E-state index in [0.29, 0.717) is 32.8 Å². The monoisotopic (exact) mass is 268 g/mol. The van der Waals surface area contributed by atoms with Gasteiger partial charge in [0.25, 0.3) is 5.91 Å². The number of hydrogen-bond donors (Lipinski definition) is 0. The normalized spacial score (nSPS) is 27.7. The fourth-order valence-corrected chi connectivity index (χ4v) is 2.67. The molecule has 19 heavy (non-hydrogen) atoms. The first kappa shape index (κ1) is 12.4. The van der Waals surface area contributed by atoms with Gasteiger partial charge < -0.3 is 14.4 Å². The molecule has 0 N–H and O–H groups in total. The molecule has 1 atom stereocenters. The van der Waals surface area contributed by atoms with Gasteiger partial charge in [-0.2, -0.15) is 0 Å². The molecule has 0 aromatic heterocycles. The van der Waals surface area contributed by atoms with Crippen molar-refractivity contribution in [2.24, 2.45) is 11.8 Å². The third-order valence-electron chi connectivity index (χ3n) is 3.83. The first-order valence-corrected chi connectivity index (χ1v) is 6.49. The zero-order valence-electron chi connectivity index (χ0n) is 10.5. The van der Waals surface area contributed by atoms with Crippen LogP contribution in [0.15, 0.2) is 0 Å². The number of carbonyl (C=O) groups is 3. The fraction of sp³-hybridized carbons (Fsp3) is 0.750. The molecule has 7 heteroatoms. The Balaban J connectivity index is 1.46. The van der Waals surface area contributed by atoms with Crippen LogP contribution in [0.1, 0.15) is 6.42 Å². The van der Waals surface area contributed by atoms with Crippen molar-refractivity contribution in [3.05, 3.63) is 0 Å². The number of ether oxygens (including phenoxy) is 2. The third-order valence-corrected chi connectivity index (χ3v) is 3.83. The van der Waals surface area contributed by atoms with Crippen molar-refractivity contribution in [2.45, 2.75) is 6.42 Å². The number of amides is 3. The molecule has 3 heterocycles. The first-order valence-electron chi connectivity index (χ1n) is 6.49. The van der Waals surface area contributed by atoms with Crippen LogP contribution in [0.2, 0.25) is 0 Å². The van der Waals surface area contributed by atoms with Crippen LogP contribution in [-0.2, 0) is 19.1 Å². The summed E-state index contributed by atoms with van der Waals surface area (Å²) in [6.07, 6.45) is 0.218. The summed E-state index contributed by atoms with van der Waals surface area (Å²) in [5, 5.41) is 0. The fourth-order valence-electron chi connectivity index (χ4n) is 2.67. The van der Waals surface area contributed by atoms with Gasteiger partial charge in [-0.05, 0) is 6.42 Å². The second kappa shape index (κ2) is 4.80. The van der Waals surface area contributed by atoms with Crippen molar-refractivity contribution in [2.75, 3.05) is 39.5 Å². The standard InChI is InChI=1S/C12H16N2O5/c15-10-7-19-12(17)14(10)5-8-3-13(4-8)11(16)9-1-2-18-6-9/h8-9H,1-7H2/t9-/m1/s1. The van der Waals surface area contributed by atoms with E-state index in [4.69, 9.17) is 4.74 Å². The maximum absolute atomic E-state index is 12.0. The molecule has 0 aromatic carbocycles. The molecule has 0 radical (unpaired) electrons. The van der Waals surface area contributed by atoms with E-state index in [0.717, 1.165) is 11.3 Å². The quantitative estimate of drug-likeness (QED) is 0.687. The van der Waals surface area contributed by atoms with E-state index >= 15 is 0 Å². The van der Waals surface area contributed by atoms with Crippen LogP contribution in [0.5, 0.6) is 0 Å². The summed E-state index contributed by atoms with van der Waals surface area (Å²) in [4.78, 5) is 37.6. The molecule has 3 saturated heterocycles. The van der Waals surface area contributed by atoms with Gasteiger partial charge in [-0.1, -0.05) is 0 Å². The van der Waals surface area contributed by atoms with Crippen LogP contribution >= 0.6 is 0 Å². The number of hydrogen-bond acceptors (Lipinski definition) is 5. The Hall–Kier alpha value is -1.63. The van der Waals surface area contributed by atoms with E-state index in [1.165, 1.54) is 0 Å². The summed E-state index contributed by atoms with van der Waals surface area (Å²) in [5.41, 5.74) is 0. The lowest BCUT2D eigenvalue weighted by atomic mass is 9.96. The van der Waals surface area contributed by atoms with Gasteiger partial charge in [0.1, 0.15) is 0 Å². The van der Waals surface area contributed by atoms with E-state index in [2.05, 4.69) is 4.74 Å². The summed E-state index contributed by atoms with van der Waals surface area (Å²) >= 11 is 0. The van der Waals surface area contributed by atoms with Gasteiger partial charge in [0.2, 0.25) is 5.91 Å². The maximum Gasteiger partial charge on any atom is 0.417 e. The highest BCUT2D eigenvalue weighted by molar-refractivity contribution is 5.97. The SMILES string of the molecule is O=C([C@@H]1CCOC1)N1CC(CN2C(=O)COC2=O)C1. The molecule has 7 nitrogen and oxygen atoms in total. The second-order valence-electron chi connectivity index (χ2n) is 5.23. The molecule has 3 rings (SSSR count). The second-order valence-corrected chi connectivity index (χ2v) is 5.23. The Morgan fingerprint density at radius 3 is 2.68 bits per heavy atom. The molecule has 3 amide bonds. The minimum atomic E-state index is -0.570. The van der Waals surface area contributed by atoms with Crippen molar-refractivity contribution in [3.63, 3.8) is 0 Å². The molecule has 0 aliphatic carbocycles. The highest BCUT2D eigenvalue weighted by Gasteiger charge is 2.40. The zero-order chi connectivity index (χ0) is 13.4. The van der Waals surface area contributed by atoms with Crippen molar-refractivity contribution in [1.82, 2.24) is 9.80 Å². The van der Waals surface area contributed by atoms with E-state index in [1.807, 2.05) is 0 Å². The lowest BCUT2D eigenvalue weighted by Crippen LogP contribution is -2.56. The average Bonchev–Trinajstić information content (AvgIpc) is 2.96. The van der Waals surface area contributed by atoms with Crippen LogP contribution in [0.3, 0.4) is 0 Å². The molecule has 0 spiro atoms. The minimum Gasteiger partial charge on any atom is -0.439 e. The molecule has 104 valence electrons. The number of likely N-dealkylation sites (tertiary alicyclic amines) is 1. The lowest BCUT2D eigenvalue weighted by Gasteiger charge is -2.41. The van der Waals surface area contributed by atoms with Crippen molar-refractivity contribution < 1.29 is 23.9 Å². The highest BCUT2D eigenvalue weighted by atomic mass is 16.6. The minimum absolute atomic E-state index is 0.0145. The van der Waals surface area contributed by atoms with Crippen molar-refractivity contribution in [1.29, 1.82) is 0 Å². The van der Waals surface area contributed by atoms with Gasteiger partial charge in [0.05, 0.1) is 12.5 Å². The Labute approximate surface area is 110 Å². The van der Waals surface area contributed by atoms with E-state index in [1.54, 1.807) is 4.90 Å². The Morgan fingerprint density at radius 1 is 1.32 bits per heavy atom. The number of cyclic esters (lactones) is 1. The van der Waals surface area contributed by atoms with Gasteiger partial charge in [-0.25, -0.2) is 9.69 Å². The van der Waals surface area contributed by atoms with E-state index < -0.39 is 6.09 Å². The zero-order valence-corrected chi connectivity index (χ0v) is 10.5. The van der Waals surface area contributed by atoms with E-state index in [-0.39, 0.29) is 30.3 Å². The maximum atomic E-state index is 12.0. The van der Waals surface area contributed by atoms with Gasteiger partial charge in [0, 0.05) is 32.2 Å². The van der Waals surface area contributed by atoms with Crippen LogP contribution in [0.25, 0.3) is 0 Å². The molecule has 3 fully saturated rings. The summed E-state index contributed by atoms with van der Waals surface area (Å²) in [6, 6.07) is 0. The predicted molar refractivity (Wildman–Crippen MR) is 62.1 cm³/mol. The van der Waals surface area contributed by atoms with Crippen molar-refractivity contribution >= 4 is 17.9 Å². The number of rotatable bonds is 3. The summed E-state index contributed by atoms with van der Waals surface area (Å²) in [7, 11) is 0. The summed E-state index contributed by atoms with van der Waals surface area (Å²) in [5.74, 6) is -0.0109. The predicted octanol–water partition coefficient (Wildman–Crippen LogP) is -0.540. The molecule has 3 aliphatic heterocycles.